The zero-order valence-corrected chi connectivity index (χ0v) is 48.1. The van der Waals surface area contributed by atoms with E-state index < -0.39 is 135 Å². The third-order valence-electron chi connectivity index (χ3n) is 8.44. The quantitative estimate of drug-likeness (QED) is 0.0812. The standard InChI is InChI=1S/C9H16O6S.C7H12O6S.2C6H10O6S.C5H8O6S.C4H6O6S/c1-2-3-4-5-6-13-9(10)8-7-14-16(11,12)15-8;1-2-3-4-11-7(8)6-5-12-14(9,10)13-6;1-4(2)11-6(7)5-3-10-13(8,9)12-5;1-2-3-10-6(7)5-4-11-13(8,9)12-5;1-2-9-5(6)4-3-10-12(7,8)11-4;1-8-4(5)3-2-9-11(6,7)10-3/h8H,2-7H2,1H3;6H,2-5H2,1H3;4-5H,3H2,1-2H3;5H,2-4H2,1H3;4H,2-3H2,1H3;3H,2H2,1H3. The van der Waals surface area contributed by atoms with Crippen LogP contribution in [0.3, 0.4) is 0 Å². The van der Waals surface area contributed by atoms with Crippen molar-refractivity contribution in [1.29, 1.82) is 0 Å². The molecule has 6 saturated heterocycles. The number of carbonyl (C=O) groups is 6. The van der Waals surface area contributed by atoms with Crippen molar-refractivity contribution in [2.45, 2.75) is 129 Å². The average Bonchev–Trinajstić information content (AvgIpc) is 4.24. The molecule has 6 atom stereocenters. The molecule has 0 bridgehead atoms. The Balaban J connectivity index is 0.000000476. The first-order valence-electron chi connectivity index (χ1n) is 23.1. The minimum atomic E-state index is -3.98. The molecular formula is C37H62O36S6. The van der Waals surface area contributed by atoms with Crippen LogP contribution in [-0.2, 0) is 170 Å². The number of esters is 6. The molecule has 42 heteroatoms. The molecule has 6 fully saturated rings. The van der Waals surface area contributed by atoms with Crippen LogP contribution >= 0.6 is 0 Å². The fourth-order valence-electron chi connectivity index (χ4n) is 4.88. The Morgan fingerprint density at radius 1 is 0.367 bits per heavy atom. The predicted molar refractivity (Wildman–Crippen MR) is 251 cm³/mol. The summed E-state index contributed by atoms with van der Waals surface area (Å²) in [7, 11) is -22.7. The zero-order chi connectivity index (χ0) is 60.3. The summed E-state index contributed by atoms with van der Waals surface area (Å²) in [6, 6.07) is 0. The van der Waals surface area contributed by atoms with Gasteiger partial charge in [-0.15, -0.1) is 0 Å². The normalized spacial score (nSPS) is 25.7. The highest BCUT2D eigenvalue weighted by Crippen LogP contribution is 2.18. The second kappa shape index (κ2) is 35.1. The van der Waals surface area contributed by atoms with Gasteiger partial charge in [0.2, 0.25) is 36.6 Å². The average molecular weight is 1280 g/mol. The number of hydrogen-bond donors (Lipinski definition) is 0. The van der Waals surface area contributed by atoms with Gasteiger partial charge in [-0.25, -0.2) is 79.0 Å². The first kappa shape index (κ1) is 73.1. The van der Waals surface area contributed by atoms with Gasteiger partial charge in [0.15, 0.2) is 0 Å². The van der Waals surface area contributed by atoms with Gasteiger partial charge in [0, 0.05) is 0 Å². The molecule has 6 heterocycles. The van der Waals surface area contributed by atoms with Crippen LogP contribution in [0, 0.1) is 0 Å². The molecule has 36 nitrogen and oxygen atoms in total. The lowest BCUT2D eigenvalue weighted by Crippen LogP contribution is -2.27. The summed E-state index contributed by atoms with van der Waals surface area (Å²) in [5, 5.41) is 0. The molecule has 0 spiro atoms. The lowest BCUT2D eigenvalue weighted by molar-refractivity contribution is -0.155. The van der Waals surface area contributed by atoms with E-state index in [1.807, 2.05) is 13.8 Å². The highest BCUT2D eigenvalue weighted by molar-refractivity contribution is 7.83. The third kappa shape index (κ3) is 31.2. The van der Waals surface area contributed by atoms with Gasteiger partial charge in [0.1, 0.15) is 39.6 Å². The number of unbranched alkanes of at least 4 members (excludes halogenated alkanes) is 4. The fraction of sp³-hybridized carbons (Fsp3) is 0.838. The molecule has 0 aromatic carbocycles. The van der Waals surface area contributed by atoms with Crippen LogP contribution in [0.5, 0.6) is 0 Å². The molecule has 79 heavy (non-hydrogen) atoms. The number of carbonyl (C=O) groups excluding carboxylic acids is 6. The van der Waals surface area contributed by atoms with Gasteiger partial charge in [-0.2, -0.15) is 50.5 Å². The van der Waals surface area contributed by atoms with Gasteiger partial charge in [-0.05, 0) is 40.0 Å². The maximum absolute atomic E-state index is 11.3. The van der Waals surface area contributed by atoms with Gasteiger partial charge in [0.25, 0.3) is 0 Å². The van der Waals surface area contributed by atoms with Crippen molar-refractivity contribution < 1.29 is 158 Å². The topological polar surface area (TPSA) is 473 Å². The molecule has 6 aliphatic rings. The number of hydrogen-bond acceptors (Lipinski definition) is 36. The number of ether oxygens (including phenoxy) is 6. The highest BCUT2D eigenvalue weighted by atomic mass is 32.3. The summed E-state index contributed by atoms with van der Waals surface area (Å²) in [6.45, 7) is 9.96. The van der Waals surface area contributed by atoms with Crippen molar-refractivity contribution in [2.75, 3.05) is 73.2 Å². The molecule has 6 unspecified atom stereocenters. The van der Waals surface area contributed by atoms with E-state index in [0.29, 0.717) is 13.0 Å². The summed E-state index contributed by atoms with van der Waals surface area (Å²) >= 11 is 0. The molecule has 462 valence electrons. The fourth-order valence-corrected chi connectivity index (χ4v) is 9.46. The van der Waals surface area contributed by atoms with Gasteiger partial charge >= 0.3 is 98.2 Å². The van der Waals surface area contributed by atoms with E-state index in [-0.39, 0.29) is 65.6 Å². The second-order valence-electron chi connectivity index (χ2n) is 15.3. The summed E-state index contributed by atoms with van der Waals surface area (Å²) in [5.74, 6) is -4.29. The predicted octanol–water partition coefficient (Wildman–Crippen LogP) is -2.01. The van der Waals surface area contributed by atoms with Gasteiger partial charge < -0.3 is 28.4 Å². The lowest BCUT2D eigenvalue weighted by atomic mass is 10.2. The second-order valence-corrected chi connectivity index (χ2v) is 22.8. The van der Waals surface area contributed by atoms with Crippen LogP contribution in [0.15, 0.2) is 0 Å². The van der Waals surface area contributed by atoms with Crippen LogP contribution in [0.1, 0.15) is 86.5 Å². The maximum Gasteiger partial charge on any atom is 0.400 e. The molecule has 0 aromatic rings. The molecule has 0 aliphatic carbocycles. The van der Waals surface area contributed by atoms with Crippen LogP contribution < -0.4 is 0 Å². The summed E-state index contributed by atoms with van der Waals surface area (Å²) in [5.41, 5.74) is 0. The van der Waals surface area contributed by atoms with E-state index >= 15 is 0 Å². The monoisotopic (exact) mass is 1270 g/mol. The van der Waals surface area contributed by atoms with Gasteiger partial charge in [-0.1, -0.05) is 46.5 Å². The Kier molecular flexibility index (Phi) is 32.5. The van der Waals surface area contributed by atoms with Crippen molar-refractivity contribution >= 4 is 98.2 Å². The van der Waals surface area contributed by atoms with E-state index in [2.05, 4.69) is 71.3 Å². The largest absolute Gasteiger partial charge is 0.467 e. The molecule has 6 aliphatic heterocycles. The molecule has 0 radical (unpaired) electrons. The van der Waals surface area contributed by atoms with Gasteiger partial charge in [-0.3, -0.25) is 0 Å². The van der Waals surface area contributed by atoms with Crippen LogP contribution in [0.4, 0.5) is 0 Å². The van der Waals surface area contributed by atoms with E-state index in [1.54, 1.807) is 20.8 Å². The minimum Gasteiger partial charge on any atom is -0.467 e. The lowest BCUT2D eigenvalue weighted by Gasteiger charge is -2.09. The van der Waals surface area contributed by atoms with Crippen LogP contribution in [0.2, 0.25) is 0 Å². The third-order valence-corrected chi connectivity index (χ3v) is 13.8. The Morgan fingerprint density at radius 3 is 0.899 bits per heavy atom. The molecular weight excluding hydrogens is 1210 g/mol. The van der Waals surface area contributed by atoms with E-state index in [4.69, 9.17) is 14.2 Å². The minimum absolute atomic E-state index is 0.179. The number of methoxy groups -OCH3 is 1. The maximum atomic E-state index is 11.3. The smallest absolute Gasteiger partial charge is 0.400 e. The molecule has 0 aromatic heterocycles. The molecule has 6 rings (SSSR count). The highest BCUT2D eigenvalue weighted by Gasteiger charge is 2.40. The Labute approximate surface area is 456 Å². The molecule has 0 amide bonds. The zero-order valence-electron chi connectivity index (χ0n) is 43.2. The Morgan fingerprint density at radius 2 is 0.646 bits per heavy atom. The van der Waals surface area contributed by atoms with Crippen molar-refractivity contribution in [2.24, 2.45) is 0 Å². The molecule has 0 saturated carbocycles. The van der Waals surface area contributed by atoms with E-state index in [0.717, 1.165) is 45.6 Å². The number of rotatable bonds is 18. The van der Waals surface area contributed by atoms with Crippen LogP contribution in [0.25, 0.3) is 0 Å². The summed E-state index contributed by atoms with van der Waals surface area (Å²) in [4.78, 5) is 65.9. The summed E-state index contributed by atoms with van der Waals surface area (Å²) in [6.07, 6.45) is -0.910. The van der Waals surface area contributed by atoms with Crippen LogP contribution in [-0.4, -0.2) is 202 Å². The van der Waals surface area contributed by atoms with Crippen molar-refractivity contribution in [3.05, 3.63) is 0 Å². The van der Waals surface area contributed by atoms with Crippen molar-refractivity contribution in [3.63, 3.8) is 0 Å². The van der Waals surface area contributed by atoms with Gasteiger partial charge in [0.05, 0.1) is 39.6 Å². The first-order valence-corrected chi connectivity index (χ1v) is 31.1. The first-order chi connectivity index (χ1) is 36.7. The Bertz CT molecular complexity index is 2650. The molecule has 0 N–H and O–H groups in total. The Hall–Kier alpha value is -3.96. The van der Waals surface area contributed by atoms with Crippen molar-refractivity contribution in [1.82, 2.24) is 0 Å². The van der Waals surface area contributed by atoms with E-state index in [9.17, 15) is 79.3 Å². The van der Waals surface area contributed by atoms with Crippen molar-refractivity contribution in [3.8, 4) is 0 Å². The SMILES string of the molecule is CC(C)OC(=O)C1COS(=O)(=O)O1.CCCCCCOC(=O)C1COS(=O)(=O)O1.CCCCOC(=O)C1COS(=O)(=O)O1.CCCOC(=O)C1COS(=O)(=O)O1.CCOC(=O)C1COS(=O)(=O)O1.COC(=O)C1COS(=O)(=O)O1. The summed E-state index contributed by atoms with van der Waals surface area (Å²) < 4.78 is 205. The van der Waals surface area contributed by atoms with E-state index in [1.165, 1.54) is 0 Å².